The number of esters is 1. The lowest BCUT2D eigenvalue weighted by Gasteiger charge is -2.06. The van der Waals surface area contributed by atoms with Crippen LogP contribution < -0.4 is 10.3 Å². The van der Waals surface area contributed by atoms with Crippen LogP contribution in [0.2, 0.25) is 0 Å². The zero-order valence-electron chi connectivity index (χ0n) is 12.6. The van der Waals surface area contributed by atoms with Crippen LogP contribution in [-0.2, 0) is 0 Å². The van der Waals surface area contributed by atoms with Gasteiger partial charge in [0, 0.05) is 17.3 Å². The number of furan rings is 1. The van der Waals surface area contributed by atoms with Crippen molar-refractivity contribution in [3.05, 3.63) is 70.0 Å². The molecule has 116 valence electrons. The van der Waals surface area contributed by atoms with Crippen molar-refractivity contribution < 1.29 is 13.9 Å². The Labute approximate surface area is 131 Å². The normalized spacial score (nSPS) is 10.5. The van der Waals surface area contributed by atoms with E-state index in [0.29, 0.717) is 28.6 Å². The molecular formula is C17H14N2O4. The van der Waals surface area contributed by atoms with Crippen molar-refractivity contribution in [2.24, 2.45) is 0 Å². The molecular weight excluding hydrogens is 296 g/mol. The zero-order valence-corrected chi connectivity index (χ0v) is 12.6. The highest BCUT2D eigenvalue weighted by atomic mass is 16.5. The molecule has 6 nitrogen and oxygen atoms in total. The van der Waals surface area contributed by atoms with Crippen LogP contribution in [0.3, 0.4) is 0 Å². The average molecular weight is 310 g/mol. The average Bonchev–Trinajstić information content (AvgIpc) is 2.93. The van der Waals surface area contributed by atoms with Gasteiger partial charge in [-0.1, -0.05) is 12.1 Å². The smallest absolute Gasteiger partial charge is 0.379 e. The molecule has 23 heavy (non-hydrogen) atoms. The third-order valence-electron chi connectivity index (χ3n) is 3.13. The Kier molecular flexibility index (Phi) is 3.80. The van der Waals surface area contributed by atoms with Crippen molar-refractivity contribution >= 4 is 5.97 Å². The molecule has 0 atom stereocenters. The number of benzene rings is 1. The summed E-state index contributed by atoms with van der Waals surface area (Å²) in [4.78, 5) is 30.5. The molecule has 1 N–H and O–H groups in total. The molecule has 0 fully saturated rings. The van der Waals surface area contributed by atoms with E-state index in [4.69, 9.17) is 9.15 Å². The third kappa shape index (κ3) is 3.37. The van der Waals surface area contributed by atoms with Gasteiger partial charge < -0.3 is 14.1 Å². The van der Waals surface area contributed by atoms with E-state index in [9.17, 15) is 9.59 Å². The monoisotopic (exact) mass is 310 g/mol. The minimum Gasteiger partial charge on any atom is -0.454 e. The number of ether oxygens (including phenoxy) is 1. The fourth-order valence-electron chi connectivity index (χ4n) is 2.12. The van der Waals surface area contributed by atoms with Crippen molar-refractivity contribution in [2.45, 2.75) is 13.8 Å². The van der Waals surface area contributed by atoms with Gasteiger partial charge in [-0.25, -0.2) is 9.78 Å². The Balaban J connectivity index is 1.88. The summed E-state index contributed by atoms with van der Waals surface area (Å²) >= 11 is 0. The number of aromatic amines is 1. The molecule has 3 aromatic rings. The van der Waals surface area contributed by atoms with E-state index in [0.717, 1.165) is 0 Å². The Hall–Kier alpha value is -3.15. The van der Waals surface area contributed by atoms with E-state index < -0.39 is 5.97 Å². The van der Waals surface area contributed by atoms with Crippen LogP contribution in [0.4, 0.5) is 0 Å². The number of aromatic nitrogens is 2. The second-order valence-electron chi connectivity index (χ2n) is 5.06. The molecule has 0 saturated carbocycles. The number of hydrogen-bond acceptors (Lipinski definition) is 5. The van der Waals surface area contributed by atoms with Gasteiger partial charge in [-0.3, -0.25) is 4.79 Å². The molecule has 0 amide bonds. The van der Waals surface area contributed by atoms with Gasteiger partial charge in [-0.05, 0) is 38.1 Å². The molecule has 6 heteroatoms. The van der Waals surface area contributed by atoms with Crippen LogP contribution in [-0.4, -0.2) is 15.9 Å². The van der Waals surface area contributed by atoms with E-state index in [1.807, 2.05) is 0 Å². The minimum atomic E-state index is -0.582. The first-order chi connectivity index (χ1) is 11.0. The molecule has 1 aromatic carbocycles. The van der Waals surface area contributed by atoms with Gasteiger partial charge >= 0.3 is 5.97 Å². The second kappa shape index (κ2) is 5.92. The number of carbonyl (C=O) groups is 1. The van der Waals surface area contributed by atoms with E-state index in [2.05, 4.69) is 9.97 Å². The number of nitrogens with one attached hydrogen (secondary N) is 1. The Morgan fingerprint density at radius 1 is 1.17 bits per heavy atom. The first kappa shape index (κ1) is 14.8. The number of rotatable bonds is 3. The second-order valence-corrected chi connectivity index (χ2v) is 5.06. The number of carbonyl (C=O) groups excluding carboxylic acids is 1. The lowest BCUT2D eigenvalue weighted by atomic mass is 10.2. The first-order valence-electron chi connectivity index (χ1n) is 6.98. The molecule has 0 saturated heterocycles. The van der Waals surface area contributed by atoms with Crippen molar-refractivity contribution in [1.29, 1.82) is 0 Å². The van der Waals surface area contributed by atoms with Crippen LogP contribution >= 0.6 is 0 Å². The topological polar surface area (TPSA) is 85.2 Å². The summed E-state index contributed by atoms with van der Waals surface area (Å²) in [6.45, 7) is 3.49. The number of H-pyrrole nitrogens is 1. The van der Waals surface area contributed by atoms with Gasteiger partial charge in [0.1, 0.15) is 17.3 Å². The standard InChI is InChI=1S/C17H14N2O4/c1-10-8-15(20)19-16(18-10)12-4-3-5-13(9-12)23-17(21)14-7-6-11(2)22-14/h3-9H,1-2H3,(H,18,19,20). The summed E-state index contributed by atoms with van der Waals surface area (Å²) in [5.41, 5.74) is 1.02. The minimum absolute atomic E-state index is 0.134. The van der Waals surface area contributed by atoms with E-state index >= 15 is 0 Å². The van der Waals surface area contributed by atoms with Gasteiger partial charge in [0.25, 0.3) is 5.56 Å². The van der Waals surface area contributed by atoms with Crippen LogP contribution in [0.5, 0.6) is 5.75 Å². The summed E-state index contributed by atoms with van der Waals surface area (Å²) in [7, 11) is 0. The highest BCUT2D eigenvalue weighted by Gasteiger charge is 2.13. The maximum absolute atomic E-state index is 12.0. The van der Waals surface area contributed by atoms with Crippen molar-refractivity contribution in [1.82, 2.24) is 9.97 Å². The van der Waals surface area contributed by atoms with Crippen molar-refractivity contribution in [3.63, 3.8) is 0 Å². The fraction of sp³-hybridized carbons (Fsp3) is 0.118. The van der Waals surface area contributed by atoms with E-state index in [-0.39, 0.29) is 11.3 Å². The Morgan fingerprint density at radius 2 is 2.00 bits per heavy atom. The van der Waals surface area contributed by atoms with Crippen molar-refractivity contribution in [2.75, 3.05) is 0 Å². The van der Waals surface area contributed by atoms with Gasteiger partial charge in [0.05, 0.1) is 0 Å². The molecule has 0 spiro atoms. The first-order valence-corrected chi connectivity index (χ1v) is 6.98. The summed E-state index contributed by atoms with van der Waals surface area (Å²) in [6.07, 6.45) is 0. The molecule has 3 rings (SSSR count). The summed E-state index contributed by atoms with van der Waals surface area (Å²) in [5, 5.41) is 0. The van der Waals surface area contributed by atoms with E-state index in [1.165, 1.54) is 6.07 Å². The molecule has 0 unspecified atom stereocenters. The number of hydrogen-bond donors (Lipinski definition) is 1. The fourth-order valence-corrected chi connectivity index (χ4v) is 2.12. The Bertz CT molecular complexity index is 924. The van der Waals surface area contributed by atoms with Gasteiger partial charge in [0.15, 0.2) is 0 Å². The van der Waals surface area contributed by atoms with Crippen LogP contribution in [0.25, 0.3) is 11.4 Å². The van der Waals surface area contributed by atoms with Crippen LogP contribution in [0.15, 0.2) is 51.7 Å². The molecule has 0 aliphatic rings. The van der Waals surface area contributed by atoms with Crippen molar-refractivity contribution in [3.8, 4) is 17.1 Å². The molecule has 0 bridgehead atoms. The quantitative estimate of drug-likeness (QED) is 0.594. The summed E-state index contributed by atoms with van der Waals surface area (Å²) in [6, 6.07) is 11.4. The summed E-state index contributed by atoms with van der Waals surface area (Å²) in [5.74, 6) is 0.940. The maximum Gasteiger partial charge on any atom is 0.379 e. The van der Waals surface area contributed by atoms with Gasteiger partial charge in [-0.15, -0.1) is 0 Å². The predicted octanol–water partition coefficient (Wildman–Crippen LogP) is 2.87. The molecule has 2 heterocycles. The zero-order chi connectivity index (χ0) is 16.4. The molecule has 0 aliphatic carbocycles. The lowest BCUT2D eigenvalue weighted by Crippen LogP contribution is -2.09. The highest BCUT2D eigenvalue weighted by molar-refractivity contribution is 5.88. The van der Waals surface area contributed by atoms with Gasteiger partial charge in [0.2, 0.25) is 5.76 Å². The van der Waals surface area contributed by atoms with Crippen LogP contribution in [0.1, 0.15) is 22.0 Å². The molecule has 0 radical (unpaired) electrons. The summed E-state index contributed by atoms with van der Waals surface area (Å²) < 4.78 is 10.5. The lowest BCUT2D eigenvalue weighted by molar-refractivity contribution is 0.0700. The Morgan fingerprint density at radius 3 is 2.70 bits per heavy atom. The maximum atomic E-state index is 12.0. The largest absolute Gasteiger partial charge is 0.454 e. The number of nitrogens with zero attached hydrogens (tertiary/aromatic N) is 1. The predicted molar refractivity (Wildman–Crippen MR) is 83.4 cm³/mol. The molecule has 0 aliphatic heterocycles. The molecule has 2 aromatic heterocycles. The third-order valence-corrected chi connectivity index (χ3v) is 3.13. The number of aryl methyl sites for hydroxylation is 2. The van der Waals surface area contributed by atoms with Crippen LogP contribution in [0, 0.1) is 13.8 Å². The van der Waals surface area contributed by atoms with E-state index in [1.54, 1.807) is 50.2 Å². The SMILES string of the molecule is Cc1cc(=O)[nH]c(-c2cccc(OC(=O)c3ccc(C)o3)c2)n1. The van der Waals surface area contributed by atoms with Gasteiger partial charge in [-0.2, -0.15) is 0 Å². The highest BCUT2D eigenvalue weighted by Crippen LogP contribution is 2.21.